The predicted octanol–water partition coefficient (Wildman–Crippen LogP) is 4.76. The molecule has 0 aromatic heterocycles. The van der Waals surface area contributed by atoms with Crippen molar-refractivity contribution in [2.45, 2.75) is 18.0 Å². The summed E-state index contributed by atoms with van der Waals surface area (Å²) in [7, 11) is 0. The van der Waals surface area contributed by atoms with Gasteiger partial charge in [0, 0.05) is 23.5 Å². The van der Waals surface area contributed by atoms with Crippen LogP contribution in [0, 0.1) is 0 Å². The Morgan fingerprint density at radius 3 is 1.77 bits per heavy atom. The molecule has 3 aromatic rings. The topological polar surface area (TPSA) is 32.3 Å². The maximum Gasteiger partial charge on any atom is 0.265 e. The van der Waals surface area contributed by atoms with Crippen LogP contribution in [0.25, 0.3) is 0 Å². The molecule has 0 atom stereocenters. The summed E-state index contributed by atoms with van der Waals surface area (Å²) in [6.07, 6.45) is 2.02. The lowest BCUT2D eigenvalue weighted by atomic mass is 10.2. The van der Waals surface area contributed by atoms with Crippen LogP contribution < -0.4 is 5.43 Å². The fourth-order valence-electron chi connectivity index (χ4n) is 2.69. The Morgan fingerprint density at radius 1 is 0.808 bits per heavy atom. The van der Waals surface area contributed by atoms with Gasteiger partial charge in [-0.1, -0.05) is 60.7 Å². The molecule has 1 N–H and O–H groups in total. The highest BCUT2D eigenvalue weighted by atomic mass is 32.2. The molecule has 0 aliphatic carbocycles. The van der Waals surface area contributed by atoms with Crippen molar-refractivity contribution in [2.24, 2.45) is 0 Å². The van der Waals surface area contributed by atoms with Crippen LogP contribution in [-0.2, 0) is 13.1 Å². The normalized spacial score (nSPS) is 10.7. The summed E-state index contributed by atoms with van der Waals surface area (Å²) in [6.45, 7) is 1.29. The molecule has 0 fully saturated rings. The number of amides is 1. The molecule has 0 unspecified atom stereocenters. The van der Waals surface area contributed by atoms with Crippen molar-refractivity contribution in [3.8, 4) is 0 Å². The predicted molar refractivity (Wildman–Crippen MR) is 108 cm³/mol. The van der Waals surface area contributed by atoms with Gasteiger partial charge in [-0.2, -0.15) is 0 Å². The van der Waals surface area contributed by atoms with E-state index in [1.807, 2.05) is 71.9 Å². The van der Waals surface area contributed by atoms with Crippen molar-refractivity contribution in [1.82, 2.24) is 10.4 Å². The average Bonchev–Trinajstić information content (AvgIpc) is 2.69. The lowest BCUT2D eigenvalue weighted by Gasteiger charge is -2.23. The van der Waals surface area contributed by atoms with Crippen LogP contribution in [0.5, 0.6) is 0 Å². The molecule has 3 aromatic carbocycles. The van der Waals surface area contributed by atoms with Crippen molar-refractivity contribution < 1.29 is 4.79 Å². The highest BCUT2D eigenvalue weighted by Crippen LogP contribution is 2.15. The average molecular weight is 362 g/mol. The second-order valence-corrected chi connectivity index (χ2v) is 6.88. The highest BCUT2D eigenvalue weighted by Gasteiger charge is 2.12. The van der Waals surface area contributed by atoms with Gasteiger partial charge in [-0.15, -0.1) is 11.8 Å². The zero-order chi connectivity index (χ0) is 18.2. The summed E-state index contributed by atoms with van der Waals surface area (Å²) in [6, 6.07) is 28.0. The van der Waals surface area contributed by atoms with Crippen molar-refractivity contribution in [3.05, 3.63) is 102 Å². The third-order valence-electron chi connectivity index (χ3n) is 4.04. The Hall–Kier alpha value is -2.56. The quantitative estimate of drug-likeness (QED) is 0.486. The van der Waals surface area contributed by atoms with E-state index in [1.54, 1.807) is 11.8 Å². The number of carbonyl (C=O) groups is 1. The number of benzene rings is 3. The smallest absolute Gasteiger partial charge is 0.265 e. The molecule has 0 spiro atoms. The summed E-state index contributed by atoms with van der Waals surface area (Å²) >= 11 is 1.66. The van der Waals surface area contributed by atoms with Gasteiger partial charge in [-0.3, -0.25) is 10.2 Å². The molecular formula is C22H22N2OS. The van der Waals surface area contributed by atoms with E-state index in [-0.39, 0.29) is 5.91 Å². The number of nitrogens with zero attached hydrogens (tertiary/aromatic N) is 1. The van der Waals surface area contributed by atoms with E-state index >= 15 is 0 Å². The fourth-order valence-corrected chi connectivity index (χ4v) is 3.10. The van der Waals surface area contributed by atoms with Crippen molar-refractivity contribution in [1.29, 1.82) is 0 Å². The lowest BCUT2D eigenvalue weighted by Crippen LogP contribution is -2.41. The third-order valence-corrected chi connectivity index (χ3v) is 4.79. The Morgan fingerprint density at radius 2 is 1.31 bits per heavy atom. The Kier molecular flexibility index (Phi) is 6.47. The molecule has 26 heavy (non-hydrogen) atoms. The maximum absolute atomic E-state index is 12.7. The molecule has 0 saturated carbocycles. The van der Waals surface area contributed by atoms with Crippen LogP contribution in [0.1, 0.15) is 21.5 Å². The van der Waals surface area contributed by atoms with E-state index in [0.29, 0.717) is 18.7 Å². The third kappa shape index (κ3) is 5.22. The number of hydrogen-bond donors (Lipinski definition) is 1. The van der Waals surface area contributed by atoms with E-state index < -0.39 is 0 Å². The monoisotopic (exact) mass is 362 g/mol. The summed E-state index contributed by atoms with van der Waals surface area (Å²) in [5, 5.41) is 1.95. The molecule has 3 rings (SSSR count). The first-order valence-corrected chi connectivity index (χ1v) is 9.75. The van der Waals surface area contributed by atoms with E-state index in [4.69, 9.17) is 0 Å². The zero-order valence-corrected chi connectivity index (χ0v) is 15.6. The van der Waals surface area contributed by atoms with E-state index in [0.717, 1.165) is 16.0 Å². The number of thioether (sulfide) groups is 1. The first-order valence-electron chi connectivity index (χ1n) is 8.52. The molecular weight excluding hydrogens is 340 g/mol. The van der Waals surface area contributed by atoms with Gasteiger partial charge in [0.05, 0.1) is 0 Å². The second-order valence-electron chi connectivity index (χ2n) is 6.00. The van der Waals surface area contributed by atoms with Gasteiger partial charge in [0.15, 0.2) is 0 Å². The molecule has 0 aliphatic rings. The lowest BCUT2D eigenvalue weighted by molar-refractivity contribution is 0.0759. The first kappa shape index (κ1) is 18.2. The van der Waals surface area contributed by atoms with Crippen LogP contribution in [0.4, 0.5) is 0 Å². The van der Waals surface area contributed by atoms with Gasteiger partial charge in [-0.25, -0.2) is 5.01 Å². The van der Waals surface area contributed by atoms with E-state index in [9.17, 15) is 4.79 Å². The number of carbonyl (C=O) groups excluding carboxylic acids is 1. The second kappa shape index (κ2) is 9.22. The molecule has 1 amide bonds. The zero-order valence-electron chi connectivity index (χ0n) is 14.8. The molecule has 0 radical (unpaired) electrons. The standard InChI is InChI=1S/C22H22N2OS/c1-26-21-14-12-20(13-15-21)22(25)23-24(16-18-8-4-2-5-9-18)17-19-10-6-3-7-11-19/h2-15H,16-17H2,1H3,(H,23,25). The van der Waals surface area contributed by atoms with Gasteiger partial charge in [0.25, 0.3) is 5.91 Å². The molecule has 3 nitrogen and oxygen atoms in total. The van der Waals surface area contributed by atoms with Crippen LogP contribution >= 0.6 is 11.8 Å². The van der Waals surface area contributed by atoms with Crippen LogP contribution in [-0.4, -0.2) is 17.2 Å². The Bertz CT molecular complexity index is 778. The van der Waals surface area contributed by atoms with Crippen molar-refractivity contribution >= 4 is 17.7 Å². The minimum atomic E-state index is -0.0930. The summed E-state index contributed by atoms with van der Waals surface area (Å²) in [5.41, 5.74) is 6.02. The highest BCUT2D eigenvalue weighted by molar-refractivity contribution is 7.98. The molecule has 0 saturated heterocycles. The number of nitrogens with one attached hydrogen (secondary N) is 1. The van der Waals surface area contributed by atoms with Gasteiger partial charge in [0.2, 0.25) is 0 Å². The summed E-state index contributed by atoms with van der Waals surface area (Å²) in [5.74, 6) is -0.0930. The SMILES string of the molecule is CSc1ccc(C(=O)NN(Cc2ccccc2)Cc2ccccc2)cc1. The number of rotatable bonds is 7. The maximum atomic E-state index is 12.7. The molecule has 4 heteroatoms. The minimum absolute atomic E-state index is 0.0930. The van der Waals surface area contributed by atoms with Gasteiger partial charge in [-0.05, 0) is 41.6 Å². The molecule has 0 bridgehead atoms. The number of hydrogen-bond acceptors (Lipinski definition) is 3. The molecule has 132 valence electrons. The summed E-state index contributed by atoms with van der Waals surface area (Å²) < 4.78 is 0. The number of hydrazine groups is 1. The Balaban J connectivity index is 1.74. The van der Waals surface area contributed by atoms with E-state index in [1.165, 1.54) is 0 Å². The Labute approximate surface area is 159 Å². The largest absolute Gasteiger partial charge is 0.284 e. The van der Waals surface area contributed by atoms with Crippen molar-refractivity contribution in [2.75, 3.05) is 6.26 Å². The van der Waals surface area contributed by atoms with E-state index in [2.05, 4.69) is 29.7 Å². The van der Waals surface area contributed by atoms with Gasteiger partial charge < -0.3 is 0 Å². The van der Waals surface area contributed by atoms with Gasteiger partial charge in [0.1, 0.15) is 0 Å². The van der Waals surface area contributed by atoms with Crippen LogP contribution in [0.3, 0.4) is 0 Å². The van der Waals surface area contributed by atoms with Crippen molar-refractivity contribution in [3.63, 3.8) is 0 Å². The van der Waals surface area contributed by atoms with Crippen LogP contribution in [0.2, 0.25) is 0 Å². The first-order chi connectivity index (χ1) is 12.7. The fraction of sp³-hybridized carbons (Fsp3) is 0.136. The minimum Gasteiger partial charge on any atom is -0.284 e. The molecule has 0 heterocycles. The van der Waals surface area contributed by atoms with Gasteiger partial charge >= 0.3 is 0 Å². The molecule has 0 aliphatic heterocycles. The summed E-state index contributed by atoms with van der Waals surface area (Å²) in [4.78, 5) is 13.8. The van der Waals surface area contributed by atoms with Crippen LogP contribution in [0.15, 0.2) is 89.8 Å².